The Morgan fingerprint density at radius 1 is 1.16 bits per heavy atom. The molecule has 0 saturated heterocycles. The topological polar surface area (TPSA) is 66.4 Å². The molecular weight excluding hydrogens is 396 g/mol. The summed E-state index contributed by atoms with van der Waals surface area (Å²) in [4.78, 5) is 0. The smallest absolute Gasteiger partial charge is 0.164 e. The van der Waals surface area contributed by atoms with Gasteiger partial charge in [-0.3, -0.25) is 0 Å². The van der Waals surface area contributed by atoms with Crippen LogP contribution in [0.15, 0.2) is 36.4 Å². The highest BCUT2D eigenvalue weighted by Crippen LogP contribution is 2.46. The molecule has 2 aliphatic rings. The average molecular weight is 427 g/mol. The summed E-state index contributed by atoms with van der Waals surface area (Å²) in [5, 5.41) is 10.7. The predicted octanol–water partition coefficient (Wildman–Crippen LogP) is 4.20. The third-order valence-electron chi connectivity index (χ3n) is 6.09. The molecule has 6 nitrogen and oxygen atoms in total. The largest absolute Gasteiger partial charge is 0.493 e. The van der Waals surface area contributed by atoms with E-state index < -0.39 is 6.10 Å². The van der Waals surface area contributed by atoms with Gasteiger partial charge in [0.05, 0.1) is 26.2 Å². The molecule has 2 aromatic carbocycles. The van der Waals surface area contributed by atoms with Crippen LogP contribution in [0.1, 0.15) is 36.5 Å². The summed E-state index contributed by atoms with van der Waals surface area (Å²) in [5.41, 5.74) is 3.88. The van der Waals surface area contributed by atoms with Crippen molar-refractivity contribution in [3.05, 3.63) is 53.1 Å². The van der Waals surface area contributed by atoms with Gasteiger partial charge in [-0.15, -0.1) is 0 Å². The van der Waals surface area contributed by atoms with E-state index in [1.807, 2.05) is 32.0 Å². The minimum Gasteiger partial charge on any atom is -0.493 e. The van der Waals surface area contributed by atoms with Crippen LogP contribution >= 0.6 is 0 Å². The van der Waals surface area contributed by atoms with Crippen molar-refractivity contribution in [2.45, 2.75) is 51.4 Å². The minimum absolute atomic E-state index is 0.0493. The van der Waals surface area contributed by atoms with E-state index in [-0.39, 0.29) is 18.1 Å². The Labute approximate surface area is 183 Å². The lowest BCUT2D eigenvalue weighted by molar-refractivity contribution is 0.0304. The number of hydrogen-bond donors (Lipinski definition) is 1. The highest BCUT2D eigenvalue weighted by molar-refractivity contribution is 5.55. The summed E-state index contributed by atoms with van der Waals surface area (Å²) in [5.74, 6) is 3.17. The summed E-state index contributed by atoms with van der Waals surface area (Å²) in [6, 6.07) is 7.65. The monoisotopic (exact) mass is 426 g/mol. The first kappa shape index (κ1) is 21.4. The normalized spacial score (nSPS) is 22.5. The standard InChI is InChI=1S/C25H30O6/c1-13(2)19-10-17-18(30-19)8-7-14(3)25(17)31-23-12-29-20-11-22(28-6)21(27-5)9-16(20)24(23)15(4)26/h7-9,11,15,19,23-24,26H,1,10,12H2,2-6H3. The van der Waals surface area contributed by atoms with Crippen molar-refractivity contribution in [2.24, 2.45) is 0 Å². The predicted molar refractivity (Wildman–Crippen MR) is 118 cm³/mol. The number of ether oxygens (including phenoxy) is 5. The van der Waals surface area contributed by atoms with Gasteiger partial charge in [-0.25, -0.2) is 0 Å². The van der Waals surface area contributed by atoms with Gasteiger partial charge in [0, 0.05) is 23.6 Å². The highest BCUT2D eigenvalue weighted by Gasteiger charge is 2.38. The zero-order chi connectivity index (χ0) is 22.3. The summed E-state index contributed by atoms with van der Waals surface area (Å²) in [6.07, 6.45) is -0.357. The molecule has 166 valence electrons. The van der Waals surface area contributed by atoms with E-state index in [4.69, 9.17) is 23.7 Å². The SMILES string of the molecule is C=C(C)C1Cc2c(ccc(C)c2OC2COc3cc(OC)c(OC)cc3C2C(C)O)O1. The van der Waals surface area contributed by atoms with Crippen LogP contribution in [0.3, 0.4) is 0 Å². The maximum Gasteiger partial charge on any atom is 0.164 e. The maximum atomic E-state index is 10.7. The van der Waals surface area contributed by atoms with Gasteiger partial charge in [0.1, 0.15) is 36.1 Å². The van der Waals surface area contributed by atoms with Crippen LogP contribution in [0, 0.1) is 6.92 Å². The molecule has 4 atom stereocenters. The van der Waals surface area contributed by atoms with E-state index >= 15 is 0 Å². The first-order valence-electron chi connectivity index (χ1n) is 10.5. The van der Waals surface area contributed by atoms with Gasteiger partial charge in [0.2, 0.25) is 0 Å². The zero-order valence-electron chi connectivity index (χ0n) is 18.7. The summed E-state index contributed by atoms with van der Waals surface area (Å²) in [7, 11) is 3.18. The molecule has 2 aliphatic heterocycles. The first-order valence-corrected chi connectivity index (χ1v) is 10.5. The fourth-order valence-corrected chi connectivity index (χ4v) is 4.42. The molecule has 0 aromatic heterocycles. The Hall–Kier alpha value is -2.86. The van der Waals surface area contributed by atoms with Crippen molar-refractivity contribution in [3.63, 3.8) is 0 Å². The number of benzene rings is 2. The number of aryl methyl sites for hydroxylation is 1. The second-order valence-corrected chi connectivity index (χ2v) is 8.32. The second-order valence-electron chi connectivity index (χ2n) is 8.32. The number of fused-ring (bicyclic) bond motifs is 2. The van der Waals surface area contributed by atoms with Crippen molar-refractivity contribution < 1.29 is 28.8 Å². The molecule has 4 unspecified atom stereocenters. The number of hydrogen-bond acceptors (Lipinski definition) is 6. The lowest BCUT2D eigenvalue weighted by atomic mass is 9.86. The molecule has 0 spiro atoms. The first-order chi connectivity index (χ1) is 14.8. The van der Waals surface area contributed by atoms with Crippen LogP contribution in [0.4, 0.5) is 0 Å². The third kappa shape index (κ3) is 3.81. The van der Waals surface area contributed by atoms with Crippen LogP contribution in [-0.2, 0) is 6.42 Å². The van der Waals surface area contributed by atoms with E-state index in [2.05, 4.69) is 6.58 Å². The van der Waals surface area contributed by atoms with Gasteiger partial charge < -0.3 is 28.8 Å². The molecule has 0 aliphatic carbocycles. The van der Waals surface area contributed by atoms with Crippen molar-refractivity contribution in [1.29, 1.82) is 0 Å². The molecule has 31 heavy (non-hydrogen) atoms. The molecule has 0 radical (unpaired) electrons. The molecule has 0 amide bonds. The molecule has 0 fully saturated rings. The Morgan fingerprint density at radius 2 is 1.87 bits per heavy atom. The lowest BCUT2D eigenvalue weighted by Gasteiger charge is -2.36. The van der Waals surface area contributed by atoms with Gasteiger partial charge in [-0.2, -0.15) is 0 Å². The quantitative estimate of drug-likeness (QED) is 0.699. The Kier molecular flexibility index (Phi) is 5.75. The summed E-state index contributed by atoms with van der Waals surface area (Å²) >= 11 is 0. The van der Waals surface area contributed by atoms with E-state index in [1.165, 1.54) is 0 Å². The Balaban J connectivity index is 1.70. The third-order valence-corrected chi connectivity index (χ3v) is 6.09. The molecule has 1 N–H and O–H groups in total. The van der Waals surface area contributed by atoms with Crippen LogP contribution in [-0.4, -0.2) is 44.2 Å². The van der Waals surface area contributed by atoms with Crippen molar-refractivity contribution in [1.82, 2.24) is 0 Å². The Bertz CT molecular complexity index is 996. The summed E-state index contributed by atoms with van der Waals surface area (Å²) in [6.45, 7) is 10.1. The van der Waals surface area contributed by atoms with Crippen molar-refractivity contribution in [3.8, 4) is 28.7 Å². The number of methoxy groups -OCH3 is 2. The van der Waals surface area contributed by atoms with Crippen LogP contribution in [0.2, 0.25) is 0 Å². The van der Waals surface area contributed by atoms with Gasteiger partial charge in [-0.05, 0) is 44.0 Å². The highest BCUT2D eigenvalue weighted by atomic mass is 16.5. The van der Waals surface area contributed by atoms with E-state index in [1.54, 1.807) is 27.2 Å². The van der Waals surface area contributed by atoms with E-state index in [0.717, 1.165) is 40.2 Å². The maximum absolute atomic E-state index is 10.7. The van der Waals surface area contributed by atoms with Gasteiger partial charge in [-0.1, -0.05) is 12.6 Å². The molecule has 0 bridgehead atoms. The van der Waals surface area contributed by atoms with Crippen molar-refractivity contribution in [2.75, 3.05) is 20.8 Å². The zero-order valence-corrected chi connectivity index (χ0v) is 18.7. The molecule has 0 saturated carbocycles. The molecular formula is C25H30O6. The Morgan fingerprint density at radius 3 is 2.52 bits per heavy atom. The van der Waals surface area contributed by atoms with Gasteiger partial charge in [0.15, 0.2) is 11.5 Å². The van der Waals surface area contributed by atoms with Crippen LogP contribution < -0.4 is 23.7 Å². The molecule has 4 rings (SSSR count). The lowest BCUT2D eigenvalue weighted by Crippen LogP contribution is -2.40. The van der Waals surface area contributed by atoms with Gasteiger partial charge >= 0.3 is 0 Å². The number of aliphatic hydroxyl groups is 1. The fourth-order valence-electron chi connectivity index (χ4n) is 4.42. The number of rotatable bonds is 6. The van der Waals surface area contributed by atoms with Crippen LogP contribution in [0.25, 0.3) is 0 Å². The average Bonchev–Trinajstić information content (AvgIpc) is 3.19. The minimum atomic E-state index is -0.651. The van der Waals surface area contributed by atoms with E-state index in [9.17, 15) is 5.11 Å². The van der Waals surface area contributed by atoms with Crippen molar-refractivity contribution >= 4 is 0 Å². The van der Waals surface area contributed by atoms with Crippen LogP contribution in [0.5, 0.6) is 28.7 Å². The molecule has 2 aromatic rings. The van der Waals surface area contributed by atoms with Gasteiger partial charge in [0.25, 0.3) is 0 Å². The molecule has 2 heterocycles. The summed E-state index contributed by atoms with van der Waals surface area (Å²) < 4.78 is 29.5. The van der Waals surface area contributed by atoms with E-state index in [0.29, 0.717) is 23.9 Å². The fraction of sp³-hybridized carbons (Fsp3) is 0.440. The second kappa shape index (κ2) is 8.35. The molecule has 6 heteroatoms. The number of aliphatic hydroxyl groups excluding tert-OH is 1.